The average molecular weight is 1270 g/mol. The van der Waals surface area contributed by atoms with Crippen molar-refractivity contribution in [3.8, 4) is 28.7 Å². The maximum atomic E-state index is 12.9. The first-order chi connectivity index (χ1) is 43.5. The summed E-state index contributed by atoms with van der Waals surface area (Å²) in [6, 6.07) is 48.1. The van der Waals surface area contributed by atoms with Crippen molar-refractivity contribution < 1.29 is 71.5 Å². The van der Waals surface area contributed by atoms with Crippen LogP contribution in [0, 0.1) is 0 Å². The molecule has 3 unspecified atom stereocenters. The third-order valence-corrected chi connectivity index (χ3v) is 17.6. The molecule has 6 aliphatic rings. The number of hydrogen-bond acceptors (Lipinski definition) is 21. The lowest BCUT2D eigenvalue weighted by Gasteiger charge is -2.37. The Morgan fingerprint density at radius 1 is 0.473 bits per heavy atom. The molecule has 0 saturated heterocycles. The summed E-state index contributed by atoms with van der Waals surface area (Å²) in [6.45, 7) is 4.43. The highest BCUT2D eigenvalue weighted by Crippen LogP contribution is 2.59. The first-order valence-electron chi connectivity index (χ1n) is 27.9. The maximum Gasteiger partial charge on any atom is 0.362 e. The number of carbonyl (C=O) groups is 3. The number of ether oxygens (including phenoxy) is 6. The Morgan fingerprint density at radius 3 is 1.26 bits per heavy atom. The lowest BCUT2D eigenvalue weighted by Crippen LogP contribution is -2.35. The summed E-state index contributed by atoms with van der Waals surface area (Å²) >= 11 is 0. The van der Waals surface area contributed by atoms with Crippen molar-refractivity contribution in [2.45, 2.75) is 28.6 Å². The van der Waals surface area contributed by atoms with E-state index in [4.69, 9.17) is 62.8 Å². The first-order valence-corrected chi connectivity index (χ1v) is 31.2. The Balaban J connectivity index is 0.000000134. The predicted molar refractivity (Wildman–Crippen MR) is 336 cm³/mol. The van der Waals surface area contributed by atoms with Crippen molar-refractivity contribution in [2.24, 2.45) is 22.9 Å². The van der Waals surface area contributed by atoms with E-state index in [1.54, 1.807) is 66.7 Å². The lowest BCUT2D eigenvalue weighted by atomic mass is 9.77. The molecule has 20 N–H and O–H groups in total. The van der Waals surface area contributed by atoms with Crippen LogP contribution in [-0.2, 0) is 40.1 Å². The van der Waals surface area contributed by atoms with Gasteiger partial charge in [0.15, 0.2) is 28.6 Å². The molecule has 0 amide bonds. The summed E-state index contributed by atoms with van der Waals surface area (Å²) in [5, 5.41) is 11.0. The number of nitrogens with one attached hydrogen (secondary N) is 4. The number of esters is 3. The minimum Gasteiger partial charge on any atom is -0.456 e. The number of anilines is 5. The van der Waals surface area contributed by atoms with Crippen LogP contribution in [0.5, 0.6) is 28.7 Å². The van der Waals surface area contributed by atoms with E-state index in [-0.39, 0.29) is 29.1 Å². The molecule has 6 heterocycles. The molecule has 0 fully saturated rings. The van der Waals surface area contributed by atoms with E-state index >= 15 is 0 Å². The van der Waals surface area contributed by atoms with Crippen LogP contribution in [0.25, 0.3) is 0 Å². The molecule has 3 atom stereocenters. The summed E-state index contributed by atoms with van der Waals surface area (Å²) in [5.74, 6) is -2.12. The van der Waals surface area contributed by atoms with E-state index < -0.39 is 49.8 Å². The van der Waals surface area contributed by atoms with Crippen LogP contribution < -0.4 is 69.9 Å². The summed E-state index contributed by atoms with van der Waals surface area (Å²) < 4.78 is 59.2. The molecular formula is C64H58N10O15P2. The monoisotopic (exact) mass is 1270 g/mol. The summed E-state index contributed by atoms with van der Waals surface area (Å²) in [5.41, 5.74) is 40.7. The van der Waals surface area contributed by atoms with Crippen LogP contribution in [-0.4, -0.2) is 62.6 Å². The Morgan fingerprint density at radius 2 is 0.835 bits per heavy atom. The second-order valence-corrected chi connectivity index (χ2v) is 24.7. The highest BCUT2D eigenvalue weighted by molar-refractivity contribution is 7.52. The van der Waals surface area contributed by atoms with E-state index in [2.05, 4.69) is 27.8 Å². The zero-order valence-corrected chi connectivity index (χ0v) is 49.5. The topological polar surface area (TPSA) is 426 Å². The maximum absolute atomic E-state index is 12.9. The standard InChI is InChI=1S/C22H24N4O9P2.C22H20N4O3.C20H14N2O3/c1-2-14-17(9-10-25-20(23)36(28,29)30)34-18-11-12(26-21(24)37(31,32)33)7-8-16(18)22(14)15-6-4-3-5-13(15)19(27)35-22;23-11-25-13-5-7-17-19(9-13)28-20-10-14(26-12-24)6-8-18(20)22(17)16-4-2-1-3-15(16)21(27)29-22;21-11-5-7-15-17(9-11)24-18-10-12(22)6-8-16(18)20(15)14-4-2-1-3-13(14)19(23)25-20/h2-11,20-21,25-26H,1,23-24H2,(H2,28,29,30)(H2,31,32,33);1-10,25-26H,11-12,23-24H2;1-10H,21-22H2/b10-9+;;. The summed E-state index contributed by atoms with van der Waals surface area (Å²) in [6.07, 6.45) is 3.92. The van der Waals surface area contributed by atoms with Gasteiger partial charge in [-0.15, -0.1) is 0 Å². The van der Waals surface area contributed by atoms with Gasteiger partial charge in [-0.05, 0) is 84.9 Å². The van der Waals surface area contributed by atoms with Crippen LogP contribution in [0.4, 0.5) is 28.4 Å². The normalized spacial score (nSPS) is 17.5. The van der Waals surface area contributed by atoms with E-state index in [1.165, 1.54) is 24.3 Å². The SMILES string of the molecule is C=CC1=C(/C=C/NC(N)P(=O)(O)O)Oc2cc(NC(N)P(=O)(O)O)ccc2C12OC(=O)c1ccccc12.NCNc1ccc2c(c1)Oc1cc(NCN)ccc1C21OC(=O)c2ccccc21.Nc1ccc2c(c1)Oc1cc(N)ccc1C21OC(=O)c2ccccc21. The molecule has 8 aromatic carbocycles. The fourth-order valence-corrected chi connectivity index (χ4v) is 12.5. The molecule has 14 rings (SSSR count). The molecule has 0 saturated carbocycles. The Labute approximate surface area is 518 Å². The third kappa shape index (κ3) is 10.4. The highest BCUT2D eigenvalue weighted by atomic mass is 31.2. The Bertz CT molecular complexity index is 4410. The molecule has 91 heavy (non-hydrogen) atoms. The van der Waals surface area contributed by atoms with E-state index in [0.29, 0.717) is 81.1 Å². The van der Waals surface area contributed by atoms with Crippen LogP contribution in [0.3, 0.4) is 0 Å². The minimum absolute atomic E-state index is 0.0915. The van der Waals surface area contributed by atoms with E-state index in [9.17, 15) is 43.1 Å². The zero-order valence-electron chi connectivity index (χ0n) is 47.7. The van der Waals surface area contributed by atoms with Crippen molar-refractivity contribution in [1.82, 2.24) is 5.32 Å². The van der Waals surface area contributed by atoms with E-state index in [1.807, 2.05) is 84.9 Å². The number of carbonyl (C=O) groups excluding carboxylic acids is 3. The Kier molecular flexibility index (Phi) is 15.6. The summed E-state index contributed by atoms with van der Waals surface area (Å²) in [4.78, 5) is 75.3. The van der Waals surface area contributed by atoms with Crippen LogP contribution in [0.2, 0.25) is 0 Å². The number of fused-ring (bicyclic) bond motifs is 16. The van der Waals surface area contributed by atoms with Crippen LogP contribution in [0.1, 0.15) is 75.6 Å². The van der Waals surface area contributed by atoms with Gasteiger partial charge in [-0.2, -0.15) is 0 Å². The number of allylic oxidation sites excluding steroid dienone is 1. The quantitative estimate of drug-likeness (QED) is 0.0184. The van der Waals surface area contributed by atoms with Crippen molar-refractivity contribution in [2.75, 3.05) is 40.8 Å². The van der Waals surface area contributed by atoms with Crippen molar-refractivity contribution in [1.29, 1.82) is 0 Å². The smallest absolute Gasteiger partial charge is 0.362 e. The number of nitrogens with two attached hydrogens (primary N) is 6. The highest BCUT2D eigenvalue weighted by Gasteiger charge is 2.56. The van der Waals surface area contributed by atoms with Crippen LogP contribution in [0.15, 0.2) is 200 Å². The van der Waals surface area contributed by atoms with Gasteiger partial charge in [0.25, 0.3) is 0 Å². The Hall–Kier alpha value is -10.3. The van der Waals surface area contributed by atoms with Gasteiger partial charge in [-0.25, -0.2) is 14.4 Å². The van der Waals surface area contributed by atoms with E-state index in [0.717, 1.165) is 51.0 Å². The molecule has 8 aromatic rings. The van der Waals surface area contributed by atoms with Crippen molar-refractivity contribution in [3.05, 3.63) is 261 Å². The number of nitrogen functional groups attached to an aromatic ring is 2. The molecule has 0 radical (unpaired) electrons. The first kappa shape index (κ1) is 61.0. The zero-order chi connectivity index (χ0) is 64.4. The fourth-order valence-electron chi connectivity index (χ4n) is 11.9. The van der Waals surface area contributed by atoms with Gasteiger partial charge < -0.3 is 104 Å². The van der Waals surface area contributed by atoms with Gasteiger partial charge in [0.05, 0.1) is 30.0 Å². The van der Waals surface area contributed by atoms with Crippen LogP contribution >= 0.6 is 15.2 Å². The van der Waals surface area contributed by atoms with Gasteiger partial charge in [0, 0.05) is 115 Å². The predicted octanol–water partition coefficient (Wildman–Crippen LogP) is 7.62. The minimum atomic E-state index is -4.66. The molecule has 464 valence electrons. The number of benzene rings is 8. The van der Waals surface area contributed by atoms with Gasteiger partial charge in [0.1, 0.15) is 34.5 Å². The number of hydrogen-bond donors (Lipinski definition) is 14. The molecule has 3 spiro atoms. The largest absolute Gasteiger partial charge is 0.456 e. The lowest BCUT2D eigenvalue weighted by molar-refractivity contribution is 0.0209. The van der Waals surface area contributed by atoms with Gasteiger partial charge >= 0.3 is 33.1 Å². The molecule has 27 heteroatoms. The summed E-state index contributed by atoms with van der Waals surface area (Å²) in [7, 11) is -9.29. The number of rotatable bonds is 12. The van der Waals surface area contributed by atoms with Crippen molar-refractivity contribution in [3.63, 3.8) is 0 Å². The van der Waals surface area contributed by atoms with Gasteiger partial charge in [-0.1, -0.05) is 67.3 Å². The van der Waals surface area contributed by atoms with Gasteiger partial charge in [-0.3, -0.25) is 9.13 Å². The third-order valence-electron chi connectivity index (χ3n) is 15.8. The fraction of sp³-hybridized carbons (Fsp3) is 0.109. The second-order valence-electron chi connectivity index (χ2n) is 21.3. The van der Waals surface area contributed by atoms with Gasteiger partial charge in [0.2, 0.25) is 0 Å². The molecule has 25 nitrogen and oxygen atoms in total. The second kappa shape index (κ2) is 23.3. The molecule has 0 aliphatic carbocycles. The molecular weight excluding hydrogens is 1210 g/mol. The molecule has 0 bridgehead atoms. The van der Waals surface area contributed by atoms with Crippen molar-refractivity contribution >= 4 is 61.5 Å². The molecule has 0 aromatic heterocycles. The molecule has 6 aliphatic heterocycles. The average Bonchev–Trinajstić information content (AvgIpc) is 1.65.